The summed E-state index contributed by atoms with van der Waals surface area (Å²) in [6, 6.07) is 0. The number of ether oxygens (including phenoxy) is 1. The topological polar surface area (TPSA) is 79.8 Å². The fraction of sp³-hybridized carbons (Fsp3) is 0.900. The third-order valence-corrected chi connectivity index (χ3v) is 2.81. The van der Waals surface area contributed by atoms with E-state index in [1.165, 1.54) is 6.26 Å². The van der Waals surface area contributed by atoms with Gasteiger partial charge < -0.3 is 15.4 Å². The molecule has 0 aromatic rings. The van der Waals surface area contributed by atoms with E-state index in [1.54, 1.807) is 7.05 Å². The first-order valence-electron chi connectivity index (χ1n) is 5.69. The summed E-state index contributed by atoms with van der Waals surface area (Å²) < 4.78 is 26.8. The predicted molar refractivity (Wildman–Crippen MR) is 85.6 cm³/mol. The molecule has 0 rings (SSSR count). The molecular formula is C10H24IN3O3S. The highest BCUT2D eigenvalue weighted by Crippen LogP contribution is 1.83. The zero-order chi connectivity index (χ0) is 13.1. The SMILES string of the molecule is CCCNC(=NC)NCCOCCS(C)(=O)=O.I. The van der Waals surface area contributed by atoms with Gasteiger partial charge in [0.2, 0.25) is 0 Å². The number of guanidine groups is 1. The standard InChI is InChI=1S/C10H23N3O3S.HI/c1-4-5-12-10(11-2)13-6-7-16-8-9-17(3,14)15;/h4-9H2,1-3H3,(H2,11,12,13);1H. The third kappa shape index (κ3) is 14.0. The molecule has 0 saturated carbocycles. The predicted octanol–water partition coefficient (Wildman–Crippen LogP) is 0.241. The number of sulfone groups is 1. The van der Waals surface area contributed by atoms with Gasteiger partial charge in [0.1, 0.15) is 9.84 Å². The molecule has 0 amide bonds. The monoisotopic (exact) mass is 393 g/mol. The molecule has 0 spiro atoms. The third-order valence-electron chi connectivity index (χ3n) is 1.90. The quantitative estimate of drug-likeness (QED) is 0.267. The molecule has 8 heteroatoms. The number of rotatable bonds is 8. The van der Waals surface area contributed by atoms with Crippen LogP contribution in [0, 0.1) is 0 Å². The molecule has 18 heavy (non-hydrogen) atoms. The Labute approximate surface area is 127 Å². The van der Waals surface area contributed by atoms with Crippen LogP contribution in [-0.2, 0) is 14.6 Å². The van der Waals surface area contributed by atoms with Gasteiger partial charge in [-0.05, 0) is 6.42 Å². The lowest BCUT2D eigenvalue weighted by Gasteiger charge is -2.11. The first kappa shape index (κ1) is 20.2. The highest BCUT2D eigenvalue weighted by molar-refractivity contribution is 14.0. The molecule has 0 fully saturated rings. The second-order valence-corrected chi connectivity index (χ2v) is 5.93. The Morgan fingerprint density at radius 1 is 1.22 bits per heavy atom. The molecular weight excluding hydrogens is 369 g/mol. The number of halogens is 1. The molecule has 0 unspecified atom stereocenters. The van der Waals surface area contributed by atoms with E-state index in [2.05, 4.69) is 22.5 Å². The molecule has 110 valence electrons. The highest BCUT2D eigenvalue weighted by atomic mass is 127. The summed E-state index contributed by atoms with van der Waals surface area (Å²) in [5.41, 5.74) is 0. The van der Waals surface area contributed by atoms with Crippen molar-refractivity contribution in [3.63, 3.8) is 0 Å². The average molecular weight is 393 g/mol. The maximum atomic E-state index is 10.8. The average Bonchev–Trinajstić information content (AvgIpc) is 2.25. The Morgan fingerprint density at radius 3 is 2.33 bits per heavy atom. The highest BCUT2D eigenvalue weighted by Gasteiger charge is 2.01. The van der Waals surface area contributed by atoms with Crippen molar-refractivity contribution in [1.82, 2.24) is 10.6 Å². The lowest BCUT2D eigenvalue weighted by atomic mass is 10.5. The van der Waals surface area contributed by atoms with E-state index >= 15 is 0 Å². The first-order chi connectivity index (χ1) is 7.99. The minimum atomic E-state index is -2.93. The number of nitrogens with zero attached hydrogens (tertiary/aromatic N) is 1. The number of hydrogen-bond acceptors (Lipinski definition) is 4. The fourth-order valence-corrected chi connectivity index (χ4v) is 1.44. The van der Waals surface area contributed by atoms with Gasteiger partial charge in [-0.25, -0.2) is 8.42 Å². The lowest BCUT2D eigenvalue weighted by molar-refractivity contribution is 0.154. The second kappa shape index (κ2) is 12.0. The smallest absolute Gasteiger partial charge is 0.191 e. The van der Waals surface area contributed by atoms with Gasteiger partial charge >= 0.3 is 0 Å². The van der Waals surface area contributed by atoms with Crippen LogP contribution >= 0.6 is 24.0 Å². The largest absolute Gasteiger partial charge is 0.379 e. The number of aliphatic imine (C=N–C) groups is 1. The van der Waals surface area contributed by atoms with Crippen LogP contribution in [0.3, 0.4) is 0 Å². The maximum Gasteiger partial charge on any atom is 0.191 e. The molecule has 0 aliphatic heterocycles. The van der Waals surface area contributed by atoms with Crippen LogP contribution in [0.25, 0.3) is 0 Å². The van der Waals surface area contributed by atoms with Crippen molar-refractivity contribution in [1.29, 1.82) is 0 Å². The van der Waals surface area contributed by atoms with Crippen LogP contribution in [-0.4, -0.2) is 59.7 Å². The van der Waals surface area contributed by atoms with E-state index in [4.69, 9.17) is 4.74 Å². The molecule has 0 aromatic carbocycles. The van der Waals surface area contributed by atoms with Crippen molar-refractivity contribution in [2.75, 3.05) is 45.4 Å². The maximum absolute atomic E-state index is 10.8. The molecule has 6 nitrogen and oxygen atoms in total. The normalized spacial score (nSPS) is 11.8. The van der Waals surface area contributed by atoms with Crippen molar-refractivity contribution in [3.8, 4) is 0 Å². The van der Waals surface area contributed by atoms with Gasteiger partial charge in [0, 0.05) is 26.4 Å². The van der Waals surface area contributed by atoms with Gasteiger partial charge in [-0.2, -0.15) is 0 Å². The van der Waals surface area contributed by atoms with E-state index in [0.29, 0.717) is 13.2 Å². The molecule has 0 atom stereocenters. The van der Waals surface area contributed by atoms with Crippen molar-refractivity contribution >= 4 is 39.8 Å². The van der Waals surface area contributed by atoms with Crippen molar-refractivity contribution < 1.29 is 13.2 Å². The summed E-state index contributed by atoms with van der Waals surface area (Å²) in [6.07, 6.45) is 2.23. The molecule has 0 radical (unpaired) electrons. The molecule has 0 aliphatic rings. The van der Waals surface area contributed by atoms with Crippen molar-refractivity contribution in [2.24, 2.45) is 4.99 Å². The number of hydrogen-bond donors (Lipinski definition) is 2. The van der Waals surface area contributed by atoms with Crippen molar-refractivity contribution in [3.05, 3.63) is 0 Å². The van der Waals surface area contributed by atoms with E-state index in [0.717, 1.165) is 18.9 Å². The van der Waals surface area contributed by atoms with E-state index in [-0.39, 0.29) is 36.3 Å². The molecule has 0 aromatic heterocycles. The summed E-state index contributed by atoms with van der Waals surface area (Å²) in [6.45, 7) is 4.25. The summed E-state index contributed by atoms with van der Waals surface area (Å²) in [7, 11) is -1.22. The number of nitrogens with one attached hydrogen (secondary N) is 2. The van der Waals surface area contributed by atoms with Gasteiger partial charge in [0.05, 0.1) is 19.0 Å². The fourth-order valence-electron chi connectivity index (χ4n) is 1.02. The molecule has 0 heterocycles. The zero-order valence-corrected chi connectivity index (χ0v) is 14.4. The van der Waals surface area contributed by atoms with Gasteiger partial charge in [0.25, 0.3) is 0 Å². The second-order valence-electron chi connectivity index (χ2n) is 3.67. The van der Waals surface area contributed by atoms with E-state index in [9.17, 15) is 8.42 Å². The van der Waals surface area contributed by atoms with Gasteiger partial charge in [-0.3, -0.25) is 4.99 Å². The van der Waals surface area contributed by atoms with E-state index < -0.39 is 9.84 Å². The Balaban J connectivity index is 0. The van der Waals surface area contributed by atoms with Crippen LogP contribution in [0.1, 0.15) is 13.3 Å². The minimum Gasteiger partial charge on any atom is -0.379 e. The molecule has 0 bridgehead atoms. The first-order valence-corrected chi connectivity index (χ1v) is 7.75. The molecule has 2 N–H and O–H groups in total. The van der Waals surface area contributed by atoms with Crippen LogP contribution in [0.15, 0.2) is 4.99 Å². The van der Waals surface area contributed by atoms with Gasteiger partial charge in [0.15, 0.2) is 5.96 Å². The summed E-state index contributed by atoms with van der Waals surface area (Å²) in [5, 5.41) is 6.19. The Kier molecular flexibility index (Phi) is 13.5. The van der Waals surface area contributed by atoms with E-state index in [1.807, 2.05) is 0 Å². The van der Waals surface area contributed by atoms with Crippen LogP contribution in [0.4, 0.5) is 0 Å². The molecule has 0 saturated heterocycles. The van der Waals surface area contributed by atoms with Crippen LogP contribution in [0.5, 0.6) is 0 Å². The zero-order valence-electron chi connectivity index (χ0n) is 11.2. The minimum absolute atomic E-state index is 0. The summed E-state index contributed by atoms with van der Waals surface area (Å²) in [5.74, 6) is 0.800. The van der Waals surface area contributed by atoms with Crippen LogP contribution in [0.2, 0.25) is 0 Å². The molecule has 0 aliphatic carbocycles. The Morgan fingerprint density at radius 2 is 1.83 bits per heavy atom. The van der Waals surface area contributed by atoms with Crippen LogP contribution < -0.4 is 10.6 Å². The van der Waals surface area contributed by atoms with Gasteiger partial charge in [-0.15, -0.1) is 24.0 Å². The lowest BCUT2D eigenvalue weighted by Crippen LogP contribution is -2.39. The Bertz CT molecular complexity index is 320. The van der Waals surface area contributed by atoms with Crippen molar-refractivity contribution in [2.45, 2.75) is 13.3 Å². The Hall–Kier alpha value is -0.0900. The summed E-state index contributed by atoms with van der Waals surface area (Å²) in [4.78, 5) is 4.03. The summed E-state index contributed by atoms with van der Waals surface area (Å²) >= 11 is 0. The van der Waals surface area contributed by atoms with Gasteiger partial charge in [-0.1, -0.05) is 6.92 Å².